The standard InChI is InChI=1S/C10H12N2O4/c1-6(13)12-8(10(15)16)9(14)7-2-4-11-5-3-7/h2-5,8-9,14H,1H3,(H,12,13)(H,15,16). The van der Waals surface area contributed by atoms with Crippen LogP contribution in [0.5, 0.6) is 0 Å². The molecule has 86 valence electrons. The number of carboxylic acids is 1. The second-order valence-corrected chi connectivity index (χ2v) is 3.24. The monoisotopic (exact) mass is 224 g/mol. The van der Waals surface area contributed by atoms with Gasteiger partial charge in [-0.3, -0.25) is 9.78 Å². The highest BCUT2D eigenvalue weighted by Gasteiger charge is 2.28. The number of aliphatic hydroxyl groups is 1. The molecule has 3 N–H and O–H groups in total. The van der Waals surface area contributed by atoms with E-state index in [1.54, 1.807) is 0 Å². The molecule has 6 nitrogen and oxygen atoms in total. The number of carbonyl (C=O) groups is 2. The summed E-state index contributed by atoms with van der Waals surface area (Å²) in [6.07, 6.45) is 1.57. The topological polar surface area (TPSA) is 99.5 Å². The van der Waals surface area contributed by atoms with Crippen molar-refractivity contribution in [2.75, 3.05) is 0 Å². The Morgan fingerprint density at radius 2 is 1.94 bits per heavy atom. The highest BCUT2D eigenvalue weighted by atomic mass is 16.4. The van der Waals surface area contributed by atoms with Gasteiger partial charge in [0.15, 0.2) is 6.04 Å². The van der Waals surface area contributed by atoms with Gasteiger partial charge in [0.2, 0.25) is 5.91 Å². The first-order chi connectivity index (χ1) is 7.52. The van der Waals surface area contributed by atoms with E-state index in [1.165, 1.54) is 31.5 Å². The molecule has 1 amide bonds. The number of hydrogen-bond donors (Lipinski definition) is 3. The third-order valence-electron chi connectivity index (χ3n) is 1.99. The van der Waals surface area contributed by atoms with E-state index in [1.807, 2.05) is 0 Å². The molecule has 0 aromatic carbocycles. The molecular formula is C10H12N2O4. The Balaban J connectivity index is 2.87. The van der Waals surface area contributed by atoms with E-state index < -0.39 is 24.0 Å². The van der Waals surface area contributed by atoms with Crippen LogP contribution in [0.4, 0.5) is 0 Å². The number of carbonyl (C=O) groups excluding carboxylic acids is 1. The molecule has 2 unspecified atom stereocenters. The number of carboxylic acid groups (broad SMARTS) is 1. The van der Waals surface area contributed by atoms with Crippen LogP contribution in [0.3, 0.4) is 0 Å². The quantitative estimate of drug-likeness (QED) is 0.652. The number of aromatic nitrogens is 1. The van der Waals surface area contributed by atoms with Gasteiger partial charge < -0.3 is 15.5 Å². The van der Waals surface area contributed by atoms with Crippen molar-refractivity contribution < 1.29 is 19.8 Å². The molecule has 2 atom stereocenters. The lowest BCUT2D eigenvalue weighted by Crippen LogP contribution is -2.44. The molecule has 1 heterocycles. The molecule has 0 aliphatic rings. The molecule has 16 heavy (non-hydrogen) atoms. The van der Waals surface area contributed by atoms with Crippen molar-refractivity contribution in [3.05, 3.63) is 30.1 Å². The van der Waals surface area contributed by atoms with E-state index in [0.717, 1.165) is 0 Å². The van der Waals surface area contributed by atoms with E-state index in [2.05, 4.69) is 10.3 Å². The second-order valence-electron chi connectivity index (χ2n) is 3.24. The molecule has 0 saturated carbocycles. The fourth-order valence-electron chi connectivity index (χ4n) is 1.25. The summed E-state index contributed by atoms with van der Waals surface area (Å²) in [6, 6.07) is 1.62. The van der Waals surface area contributed by atoms with E-state index in [0.29, 0.717) is 5.56 Å². The minimum absolute atomic E-state index is 0.385. The molecule has 0 radical (unpaired) electrons. The minimum Gasteiger partial charge on any atom is -0.480 e. The fraction of sp³-hybridized carbons (Fsp3) is 0.300. The highest BCUT2D eigenvalue weighted by Crippen LogP contribution is 2.15. The Morgan fingerprint density at radius 3 is 2.38 bits per heavy atom. The molecule has 0 saturated heterocycles. The summed E-state index contributed by atoms with van der Waals surface area (Å²) in [6.45, 7) is 1.19. The van der Waals surface area contributed by atoms with Crippen LogP contribution in [0.15, 0.2) is 24.5 Å². The zero-order valence-corrected chi connectivity index (χ0v) is 8.62. The number of aliphatic carboxylic acids is 1. The summed E-state index contributed by atoms with van der Waals surface area (Å²) < 4.78 is 0. The van der Waals surface area contributed by atoms with E-state index in [9.17, 15) is 14.7 Å². The molecule has 0 bridgehead atoms. The largest absolute Gasteiger partial charge is 0.480 e. The maximum absolute atomic E-state index is 10.9. The molecular weight excluding hydrogens is 212 g/mol. The number of rotatable bonds is 4. The van der Waals surface area contributed by atoms with Gasteiger partial charge >= 0.3 is 5.97 Å². The maximum atomic E-state index is 10.9. The smallest absolute Gasteiger partial charge is 0.329 e. The van der Waals surface area contributed by atoms with Crippen molar-refractivity contribution in [2.24, 2.45) is 0 Å². The van der Waals surface area contributed by atoms with Crippen molar-refractivity contribution in [3.8, 4) is 0 Å². The van der Waals surface area contributed by atoms with Crippen LogP contribution in [0.2, 0.25) is 0 Å². The highest BCUT2D eigenvalue weighted by molar-refractivity contribution is 5.82. The van der Waals surface area contributed by atoms with Crippen LogP contribution in [-0.4, -0.2) is 33.1 Å². The molecule has 0 spiro atoms. The Bertz CT molecular complexity index is 380. The first-order valence-electron chi connectivity index (χ1n) is 4.60. The van der Waals surface area contributed by atoms with Crippen molar-refractivity contribution in [2.45, 2.75) is 19.1 Å². The number of nitrogens with one attached hydrogen (secondary N) is 1. The third kappa shape index (κ3) is 3.03. The van der Waals surface area contributed by atoms with Crippen LogP contribution in [0.25, 0.3) is 0 Å². The number of aliphatic hydroxyl groups excluding tert-OH is 1. The van der Waals surface area contributed by atoms with Crippen LogP contribution in [-0.2, 0) is 9.59 Å². The average molecular weight is 224 g/mol. The average Bonchev–Trinajstić information content (AvgIpc) is 2.25. The second kappa shape index (κ2) is 5.22. The zero-order valence-electron chi connectivity index (χ0n) is 8.62. The first kappa shape index (κ1) is 12.1. The molecule has 0 aliphatic heterocycles. The molecule has 0 fully saturated rings. The summed E-state index contributed by atoms with van der Waals surface area (Å²) >= 11 is 0. The van der Waals surface area contributed by atoms with Gasteiger partial charge in [-0.1, -0.05) is 0 Å². The number of pyridine rings is 1. The summed E-state index contributed by atoms with van der Waals surface area (Å²) in [4.78, 5) is 25.4. The summed E-state index contributed by atoms with van der Waals surface area (Å²) in [7, 11) is 0. The molecule has 0 aliphatic carbocycles. The van der Waals surface area contributed by atoms with Crippen molar-refractivity contribution in [3.63, 3.8) is 0 Å². The number of amides is 1. The fourth-order valence-corrected chi connectivity index (χ4v) is 1.25. The van der Waals surface area contributed by atoms with Gasteiger partial charge in [-0.2, -0.15) is 0 Å². The zero-order chi connectivity index (χ0) is 12.1. The van der Waals surface area contributed by atoms with Crippen molar-refractivity contribution in [1.29, 1.82) is 0 Å². The van der Waals surface area contributed by atoms with E-state index in [-0.39, 0.29) is 0 Å². The molecule has 1 aromatic heterocycles. The lowest BCUT2D eigenvalue weighted by Gasteiger charge is -2.19. The van der Waals surface area contributed by atoms with Gasteiger partial charge in [-0.15, -0.1) is 0 Å². The number of hydrogen-bond acceptors (Lipinski definition) is 4. The van der Waals surface area contributed by atoms with Crippen LogP contribution < -0.4 is 5.32 Å². The normalized spacial score (nSPS) is 13.9. The predicted octanol–water partition coefficient (Wildman–Crippen LogP) is -0.296. The van der Waals surface area contributed by atoms with Gasteiger partial charge in [-0.25, -0.2) is 4.79 Å². The first-order valence-corrected chi connectivity index (χ1v) is 4.60. The number of nitrogens with zero attached hydrogens (tertiary/aromatic N) is 1. The third-order valence-corrected chi connectivity index (χ3v) is 1.99. The van der Waals surface area contributed by atoms with Crippen molar-refractivity contribution >= 4 is 11.9 Å². The van der Waals surface area contributed by atoms with Gasteiger partial charge in [0, 0.05) is 19.3 Å². The lowest BCUT2D eigenvalue weighted by atomic mass is 10.0. The Kier molecular flexibility index (Phi) is 3.96. The summed E-state index contributed by atoms with van der Waals surface area (Å²) in [5.74, 6) is -1.81. The van der Waals surface area contributed by atoms with Crippen molar-refractivity contribution in [1.82, 2.24) is 10.3 Å². The summed E-state index contributed by atoms with van der Waals surface area (Å²) in [5, 5.41) is 20.8. The molecule has 1 aromatic rings. The molecule has 1 rings (SSSR count). The van der Waals surface area contributed by atoms with Gasteiger partial charge in [-0.05, 0) is 17.7 Å². The Hall–Kier alpha value is -1.95. The van der Waals surface area contributed by atoms with E-state index in [4.69, 9.17) is 5.11 Å². The lowest BCUT2D eigenvalue weighted by molar-refractivity contribution is -0.145. The summed E-state index contributed by atoms with van der Waals surface area (Å²) in [5.41, 5.74) is 0.385. The van der Waals surface area contributed by atoms with Crippen LogP contribution in [0, 0.1) is 0 Å². The van der Waals surface area contributed by atoms with Gasteiger partial charge in [0.25, 0.3) is 0 Å². The van der Waals surface area contributed by atoms with Gasteiger partial charge in [0.1, 0.15) is 6.10 Å². The van der Waals surface area contributed by atoms with E-state index >= 15 is 0 Å². The SMILES string of the molecule is CC(=O)NC(C(=O)O)C(O)c1ccncc1. The Morgan fingerprint density at radius 1 is 1.38 bits per heavy atom. The maximum Gasteiger partial charge on any atom is 0.329 e. The molecule has 6 heteroatoms. The van der Waals surface area contributed by atoms with Crippen LogP contribution in [0.1, 0.15) is 18.6 Å². The van der Waals surface area contributed by atoms with Crippen LogP contribution >= 0.6 is 0 Å². The van der Waals surface area contributed by atoms with Gasteiger partial charge in [0.05, 0.1) is 0 Å². The minimum atomic E-state index is -1.36. The Labute approximate surface area is 91.9 Å². The predicted molar refractivity (Wildman–Crippen MR) is 54.4 cm³/mol.